The predicted molar refractivity (Wildman–Crippen MR) is 249 cm³/mol. The van der Waals surface area contributed by atoms with Crippen LogP contribution in [0.2, 0.25) is 0 Å². The molecule has 0 radical (unpaired) electrons. The average Bonchev–Trinajstić information content (AvgIpc) is 4.05. The van der Waals surface area contributed by atoms with E-state index < -0.39 is 0 Å². The van der Waals surface area contributed by atoms with E-state index in [0.717, 1.165) is 92.8 Å². The molecule has 7 aromatic rings. The molecular formula is C48H46N4S4. The molecule has 2 aliphatic heterocycles. The van der Waals surface area contributed by atoms with Crippen LogP contribution in [0.1, 0.15) is 95.0 Å². The number of thiophene rings is 4. The molecule has 0 fully saturated rings. The molecule has 9 rings (SSSR count). The fourth-order valence-electron chi connectivity index (χ4n) is 8.63. The molecule has 4 nitrogen and oxygen atoms in total. The van der Waals surface area contributed by atoms with Crippen molar-refractivity contribution in [3.63, 3.8) is 0 Å². The second-order valence-corrected chi connectivity index (χ2v) is 18.3. The lowest BCUT2D eigenvalue weighted by Crippen LogP contribution is -1.92. The fourth-order valence-corrected chi connectivity index (χ4v) is 13.5. The first-order chi connectivity index (χ1) is 27.2. The molecule has 0 saturated heterocycles. The van der Waals surface area contributed by atoms with Crippen LogP contribution in [0.4, 0.5) is 0 Å². The normalized spacial score (nSPS) is 12.4. The maximum atomic E-state index is 5.60. The third-order valence-electron chi connectivity index (χ3n) is 11.5. The number of aryl methyl sites for hydroxylation is 4. The van der Waals surface area contributed by atoms with Gasteiger partial charge in [-0.15, -0.1) is 45.3 Å². The minimum atomic E-state index is 0.959. The van der Waals surface area contributed by atoms with Gasteiger partial charge in [-0.2, -0.15) is 0 Å². The first-order valence-corrected chi connectivity index (χ1v) is 23.2. The van der Waals surface area contributed by atoms with Crippen LogP contribution in [0.15, 0.2) is 45.8 Å². The number of aromatic amines is 2. The van der Waals surface area contributed by atoms with Crippen LogP contribution in [0, 0.1) is 27.7 Å². The molecule has 0 amide bonds. The number of H-pyrrole nitrogens is 2. The maximum absolute atomic E-state index is 5.60. The molecule has 9 heterocycles. The van der Waals surface area contributed by atoms with Crippen LogP contribution in [0.25, 0.3) is 88.1 Å². The summed E-state index contributed by atoms with van der Waals surface area (Å²) in [5.74, 6) is 0. The smallest absolute Gasteiger partial charge is 0.0745 e. The predicted octanol–water partition coefficient (Wildman–Crippen LogP) is 15.1. The van der Waals surface area contributed by atoms with Crippen molar-refractivity contribution in [2.45, 2.75) is 81.1 Å². The SMILES string of the molecule is CCc1c(C)csc1-c1c2nc(c(-c3scc(C)c3CC)c3ccc([nH]3)c(-c3scc(C)c3CC)c3nc(c(-c4scc(C)c4CC)c4ccc1[nH]4)C=C3)C=C2. The highest BCUT2D eigenvalue weighted by Crippen LogP contribution is 2.45. The first kappa shape index (κ1) is 37.0. The van der Waals surface area contributed by atoms with Crippen molar-refractivity contribution in [1.29, 1.82) is 0 Å². The summed E-state index contributed by atoms with van der Waals surface area (Å²) in [6.07, 6.45) is 12.8. The van der Waals surface area contributed by atoms with Gasteiger partial charge in [0.25, 0.3) is 0 Å². The van der Waals surface area contributed by atoms with Crippen molar-refractivity contribution in [3.05, 3.63) is 113 Å². The number of aromatic nitrogens is 4. The molecule has 0 saturated carbocycles. The second kappa shape index (κ2) is 14.7. The molecule has 2 aliphatic rings. The summed E-state index contributed by atoms with van der Waals surface area (Å²) in [5.41, 5.74) is 23.7. The lowest BCUT2D eigenvalue weighted by molar-refractivity contribution is 1.13. The standard InChI is InChI=1S/C48H46N4S4/c1-9-29-25(5)21-53-45(29)41-33-13-15-35(49-33)42(46-30(10-2)26(6)22-54-46)37-17-19-39(51-37)44(48-32(12-4)28(8)24-56-48)40-20-18-38(52-40)43(36-16-14-34(41)50-36)47-31(11-3)27(7)23-55-47/h13-24,49,52H,9-12H2,1-8H3. The van der Waals surface area contributed by atoms with Crippen molar-refractivity contribution < 1.29 is 0 Å². The van der Waals surface area contributed by atoms with Crippen molar-refractivity contribution in [1.82, 2.24) is 19.9 Å². The van der Waals surface area contributed by atoms with Gasteiger partial charge in [-0.05, 0) is 168 Å². The maximum Gasteiger partial charge on any atom is 0.0745 e. The van der Waals surface area contributed by atoms with E-state index in [1.165, 1.54) is 64.0 Å². The molecule has 0 spiro atoms. The van der Waals surface area contributed by atoms with Crippen LogP contribution in [-0.4, -0.2) is 19.9 Å². The summed E-state index contributed by atoms with van der Waals surface area (Å²) < 4.78 is 0. The van der Waals surface area contributed by atoms with Gasteiger partial charge in [0.15, 0.2) is 0 Å². The Morgan fingerprint density at radius 1 is 0.393 bits per heavy atom. The first-order valence-electron chi connectivity index (χ1n) is 19.7. The van der Waals surface area contributed by atoms with Crippen molar-refractivity contribution in [2.75, 3.05) is 0 Å². The quantitative estimate of drug-likeness (QED) is 0.161. The number of nitrogens with zero attached hydrogens (tertiary/aromatic N) is 2. The van der Waals surface area contributed by atoms with E-state index >= 15 is 0 Å². The topological polar surface area (TPSA) is 57.4 Å². The van der Waals surface area contributed by atoms with E-state index in [1.807, 2.05) is 45.3 Å². The highest BCUT2D eigenvalue weighted by molar-refractivity contribution is 7.15. The Balaban J connectivity index is 1.51. The molecule has 0 aliphatic carbocycles. The summed E-state index contributed by atoms with van der Waals surface area (Å²) in [6.45, 7) is 18.0. The van der Waals surface area contributed by atoms with Gasteiger partial charge >= 0.3 is 0 Å². The minimum absolute atomic E-state index is 0.959. The molecule has 2 N–H and O–H groups in total. The molecule has 0 aromatic carbocycles. The molecule has 56 heavy (non-hydrogen) atoms. The fraction of sp³-hybridized carbons (Fsp3) is 0.250. The zero-order valence-corrected chi connectivity index (χ0v) is 36.6. The summed E-state index contributed by atoms with van der Waals surface area (Å²) in [5, 5.41) is 9.21. The number of rotatable bonds is 8. The lowest BCUT2D eigenvalue weighted by atomic mass is 10.0. The summed E-state index contributed by atoms with van der Waals surface area (Å²) in [6, 6.07) is 9.06. The molecule has 7 aromatic heterocycles. The third-order valence-corrected chi connectivity index (χ3v) is 16.1. The van der Waals surface area contributed by atoms with Crippen LogP contribution >= 0.6 is 45.3 Å². The Bertz CT molecular complexity index is 2530. The largest absolute Gasteiger partial charge is 0.354 e. The molecule has 0 unspecified atom stereocenters. The van der Waals surface area contributed by atoms with E-state index in [9.17, 15) is 0 Å². The molecule has 0 atom stereocenters. The van der Waals surface area contributed by atoms with Crippen LogP contribution in [-0.2, 0) is 25.7 Å². The number of hydrogen-bond donors (Lipinski definition) is 2. The summed E-state index contributed by atoms with van der Waals surface area (Å²) in [7, 11) is 0. The molecule has 8 bridgehead atoms. The van der Waals surface area contributed by atoms with Crippen molar-refractivity contribution in [3.8, 4) is 41.8 Å². The van der Waals surface area contributed by atoms with E-state index in [4.69, 9.17) is 9.97 Å². The van der Waals surface area contributed by atoms with Crippen LogP contribution in [0.3, 0.4) is 0 Å². The zero-order valence-electron chi connectivity index (χ0n) is 33.3. The van der Waals surface area contributed by atoms with E-state index in [2.05, 4.69) is 135 Å². The van der Waals surface area contributed by atoms with Gasteiger partial charge in [-0.1, -0.05) is 27.7 Å². The van der Waals surface area contributed by atoms with Gasteiger partial charge in [0.05, 0.1) is 22.8 Å². The van der Waals surface area contributed by atoms with Crippen LogP contribution < -0.4 is 0 Å². The van der Waals surface area contributed by atoms with Gasteiger partial charge in [0, 0.05) is 63.8 Å². The molecule has 282 valence electrons. The molecular weight excluding hydrogens is 761 g/mol. The van der Waals surface area contributed by atoms with Gasteiger partial charge < -0.3 is 9.97 Å². The Labute approximate surface area is 345 Å². The summed E-state index contributed by atoms with van der Waals surface area (Å²) >= 11 is 7.31. The van der Waals surface area contributed by atoms with Gasteiger partial charge in [0.2, 0.25) is 0 Å². The van der Waals surface area contributed by atoms with E-state index in [1.54, 1.807) is 0 Å². The highest BCUT2D eigenvalue weighted by Gasteiger charge is 2.24. The van der Waals surface area contributed by atoms with E-state index in [0.29, 0.717) is 0 Å². The van der Waals surface area contributed by atoms with E-state index in [-0.39, 0.29) is 0 Å². The average molecular weight is 807 g/mol. The second-order valence-electron chi connectivity index (χ2n) is 14.8. The minimum Gasteiger partial charge on any atom is -0.354 e. The Hall–Kier alpha value is -4.60. The van der Waals surface area contributed by atoms with Crippen molar-refractivity contribution in [2.24, 2.45) is 0 Å². The monoisotopic (exact) mass is 806 g/mol. The molecule has 8 heteroatoms. The number of hydrogen-bond acceptors (Lipinski definition) is 6. The number of nitrogens with one attached hydrogen (secondary N) is 2. The Morgan fingerprint density at radius 3 is 0.839 bits per heavy atom. The Kier molecular flexibility index (Phi) is 9.73. The van der Waals surface area contributed by atoms with Gasteiger partial charge in [-0.3, -0.25) is 0 Å². The Morgan fingerprint density at radius 2 is 0.625 bits per heavy atom. The van der Waals surface area contributed by atoms with Gasteiger partial charge in [-0.25, -0.2) is 9.97 Å². The lowest BCUT2D eigenvalue weighted by Gasteiger charge is -2.08. The van der Waals surface area contributed by atoms with Gasteiger partial charge in [0.1, 0.15) is 0 Å². The number of fused-ring (bicyclic) bond motifs is 8. The van der Waals surface area contributed by atoms with Crippen molar-refractivity contribution >= 4 is 91.7 Å². The zero-order chi connectivity index (χ0) is 38.8. The third kappa shape index (κ3) is 5.96. The highest BCUT2D eigenvalue weighted by atomic mass is 32.1. The summed E-state index contributed by atoms with van der Waals surface area (Å²) in [4.78, 5) is 24.3. The van der Waals surface area contributed by atoms with Crippen LogP contribution in [0.5, 0.6) is 0 Å².